The summed E-state index contributed by atoms with van der Waals surface area (Å²) in [7, 11) is 0. The van der Waals surface area contributed by atoms with Crippen molar-refractivity contribution in [2.45, 2.75) is 38.6 Å². The van der Waals surface area contributed by atoms with Crippen molar-refractivity contribution in [2.24, 2.45) is 0 Å². The van der Waals surface area contributed by atoms with E-state index in [4.69, 9.17) is 5.26 Å². The molecule has 1 aromatic rings. The standard InChI is InChI=1S/C15H17N3O2/c1-14(2,9-16)10-5-7-11(8-6-10)18-12(19)15(3,4)17-13(18)20/h5-8H,1-4H3,(H,17,20). The Balaban J connectivity index is 2.35. The molecule has 1 aromatic carbocycles. The summed E-state index contributed by atoms with van der Waals surface area (Å²) in [5.74, 6) is -0.283. The van der Waals surface area contributed by atoms with Crippen LogP contribution in [0, 0.1) is 11.3 Å². The maximum absolute atomic E-state index is 12.2. The number of nitriles is 1. The lowest BCUT2D eigenvalue weighted by Gasteiger charge is -2.19. The molecule has 1 aliphatic heterocycles. The zero-order chi connectivity index (χ0) is 15.1. The van der Waals surface area contributed by atoms with Gasteiger partial charge >= 0.3 is 6.03 Å². The number of carbonyl (C=O) groups excluding carboxylic acids is 2. The van der Waals surface area contributed by atoms with Crippen LogP contribution in [-0.4, -0.2) is 17.5 Å². The van der Waals surface area contributed by atoms with E-state index in [-0.39, 0.29) is 5.91 Å². The highest BCUT2D eigenvalue weighted by Gasteiger charge is 2.45. The van der Waals surface area contributed by atoms with Crippen molar-refractivity contribution in [3.8, 4) is 6.07 Å². The summed E-state index contributed by atoms with van der Waals surface area (Å²) in [6.07, 6.45) is 0. The Morgan fingerprint density at radius 2 is 1.75 bits per heavy atom. The second kappa shape index (κ2) is 4.34. The first-order valence-electron chi connectivity index (χ1n) is 6.37. The summed E-state index contributed by atoms with van der Waals surface area (Å²) in [5.41, 5.74) is -0.137. The number of nitrogens with one attached hydrogen (secondary N) is 1. The van der Waals surface area contributed by atoms with Crippen molar-refractivity contribution < 1.29 is 9.59 Å². The molecule has 1 fully saturated rings. The van der Waals surface area contributed by atoms with Crippen LogP contribution in [0.15, 0.2) is 24.3 Å². The normalized spacial score (nSPS) is 17.9. The van der Waals surface area contributed by atoms with Gasteiger partial charge in [-0.2, -0.15) is 5.26 Å². The predicted molar refractivity (Wildman–Crippen MR) is 75.2 cm³/mol. The van der Waals surface area contributed by atoms with Crippen molar-refractivity contribution in [1.82, 2.24) is 5.32 Å². The maximum Gasteiger partial charge on any atom is 0.329 e. The molecule has 1 heterocycles. The van der Waals surface area contributed by atoms with Gasteiger partial charge in [0, 0.05) is 0 Å². The zero-order valence-corrected chi connectivity index (χ0v) is 12.0. The monoisotopic (exact) mass is 271 g/mol. The van der Waals surface area contributed by atoms with Gasteiger partial charge in [-0.05, 0) is 45.4 Å². The van der Waals surface area contributed by atoms with E-state index >= 15 is 0 Å². The van der Waals surface area contributed by atoms with E-state index in [1.165, 1.54) is 0 Å². The molecule has 104 valence electrons. The number of hydrogen-bond acceptors (Lipinski definition) is 3. The summed E-state index contributed by atoms with van der Waals surface area (Å²) in [6, 6.07) is 8.71. The third-order valence-corrected chi connectivity index (χ3v) is 3.49. The van der Waals surface area contributed by atoms with E-state index in [1.54, 1.807) is 38.1 Å². The minimum atomic E-state index is -0.887. The molecule has 0 bridgehead atoms. The third-order valence-electron chi connectivity index (χ3n) is 3.49. The van der Waals surface area contributed by atoms with Crippen molar-refractivity contribution in [2.75, 3.05) is 4.90 Å². The molecule has 5 heteroatoms. The van der Waals surface area contributed by atoms with Crippen LogP contribution in [0.3, 0.4) is 0 Å². The van der Waals surface area contributed by atoms with Gasteiger partial charge in [0.25, 0.3) is 5.91 Å². The fourth-order valence-corrected chi connectivity index (χ4v) is 2.07. The van der Waals surface area contributed by atoms with Crippen LogP contribution >= 0.6 is 0 Å². The Morgan fingerprint density at radius 1 is 1.20 bits per heavy atom. The van der Waals surface area contributed by atoms with Gasteiger partial charge in [-0.1, -0.05) is 12.1 Å². The highest BCUT2D eigenvalue weighted by molar-refractivity contribution is 6.23. The Kier molecular flexibility index (Phi) is 3.05. The largest absolute Gasteiger partial charge is 0.329 e. The van der Waals surface area contributed by atoms with Gasteiger partial charge in [0.05, 0.1) is 17.2 Å². The highest BCUT2D eigenvalue weighted by atomic mass is 16.2. The van der Waals surface area contributed by atoms with Gasteiger partial charge in [0.15, 0.2) is 0 Å². The molecule has 0 saturated carbocycles. The second-order valence-corrected chi connectivity index (χ2v) is 5.98. The molecule has 0 radical (unpaired) electrons. The number of rotatable bonds is 2. The highest BCUT2D eigenvalue weighted by Crippen LogP contribution is 2.28. The Labute approximate surface area is 118 Å². The first-order chi connectivity index (χ1) is 9.19. The number of urea groups is 1. The summed E-state index contributed by atoms with van der Waals surface area (Å²) < 4.78 is 0. The minimum Gasteiger partial charge on any atom is -0.323 e. The predicted octanol–water partition coefficient (Wildman–Crippen LogP) is 2.32. The minimum absolute atomic E-state index is 0.283. The van der Waals surface area contributed by atoms with Crippen molar-refractivity contribution >= 4 is 17.6 Å². The van der Waals surface area contributed by atoms with Crippen LogP contribution in [0.2, 0.25) is 0 Å². The van der Waals surface area contributed by atoms with Gasteiger partial charge in [-0.3, -0.25) is 4.79 Å². The van der Waals surface area contributed by atoms with Crippen LogP contribution in [0.25, 0.3) is 0 Å². The number of amides is 3. The molecule has 20 heavy (non-hydrogen) atoms. The summed E-state index contributed by atoms with van der Waals surface area (Å²) in [4.78, 5) is 25.2. The lowest BCUT2D eigenvalue weighted by Crippen LogP contribution is -2.40. The molecule has 0 atom stereocenters. The van der Waals surface area contributed by atoms with Gasteiger partial charge in [0.2, 0.25) is 0 Å². The quantitative estimate of drug-likeness (QED) is 0.839. The molecule has 2 rings (SSSR count). The SMILES string of the molecule is CC1(C)NC(=O)N(c2ccc(C(C)(C)C#N)cc2)C1=O. The topological polar surface area (TPSA) is 73.2 Å². The molecule has 0 aromatic heterocycles. The van der Waals surface area contributed by atoms with E-state index in [9.17, 15) is 9.59 Å². The van der Waals surface area contributed by atoms with Crippen LogP contribution in [0.4, 0.5) is 10.5 Å². The van der Waals surface area contributed by atoms with E-state index in [0.717, 1.165) is 10.5 Å². The average molecular weight is 271 g/mol. The van der Waals surface area contributed by atoms with Crippen LogP contribution in [0.5, 0.6) is 0 Å². The number of imide groups is 1. The zero-order valence-electron chi connectivity index (χ0n) is 12.0. The van der Waals surface area contributed by atoms with Gasteiger partial charge in [0.1, 0.15) is 5.54 Å². The number of benzene rings is 1. The number of carbonyl (C=O) groups is 2. The van der Waals surface area contributed by atoms with Crippen LogP contribution < -0.4 is 10.2 Å². The molecule has 1 aliphatic rings. The third kappa shape index (κ3) is 2.14. The second-order valence-electron chi connectivity index (χ2n) is 5.98. The van der Waals surface area contributed by atoms with Crippen LogP contribution in [0.1, 0.15) is 33.3 Å². The fraction of sp³-hybridized carbons (Fsp3) is 0.400. The van der Waals surface area contributed by atoms with Crippen molar-refractivity contribution in [3.05, 3.63) is 29.8 Å². The van der Waals surface area contributed by atoms with Crippen LogP contribution in [-0.2, 0) is 10.2 Å². The van der Waals surface area contributed by atoms with Crippen molar-refractivity contribution in [1.29, 1.82) is 5.26 Å². The molecule has 1 N–H and O–H groups in total. The van der Waals surface area contributed by atoms with E-state index in [2.05, 4.69) is 11.4 Å². The average Bonchev–Trinajstić information content (AvgIpc) is 2.58. The lowest BCUT2D eigenvalue weighted by atomic mass is 9.86. The smallest absolute Gasteiger partial charge is 0.323 e. The maximum atomic E-state index is 12.2. The summed E-state index contributed by atoms with van der Waals surface area (Å²) in [5, 5.41) is 11.7. The van der Waals surface area contributed by atoms with Crippen molar-refractivity contribution in [3.63, 3.8) is 0 Å². The lowest BCUT2D eigenvalue weighted by molar-refractivity contribution is -0.121. The van der Waals surface area contributed by atoms with Gasteiger partial charge < -0.3 is 5.32 Å². The number of hydrogen-bond donors (Lipinski definition) is 1. The van der Waals surface area contributed by atoms with Gasteiger partial charge in [-0.25, -0.2) is 9.69 Å². The molecule has 5 nitrogen and oxygen atoms in total. The molecule has 0 spiro atoms. The summed E-state index contributed by atoms with van der Waals surface area (Å²) >= 11 is 0. The first-order valence-corrected chi connectivity index (χ1v) is 6.37. The van der Waals surface area contributed by atoms with E-state index in [1.807, 2.05) is 13.8 Å². The Bertz CT molecular complexity index is 609. The number of nitrogens with zero attached hydrogens (tertiary/aromatic N) is 2. The molecular weight excluding hydrogens is 254 g/mol. The molecule has 0 aliphatic carbocycles. The molecule has 3 amide bonds. The van der Waals surface area contributed by atoms with Gasteiger partial charge in [-0.15, -0.1) is 0 Å². The molecular formula is C15H17N3O2. The number of anilines is 1. The van der Waals surface area contributed by atoms with E-state index in [0.29, 0.717) is 5.69 Å². The molecule has 0 unspecified atom stereocenters. The summed E-state index contributed by atoms with van der Waals surface area (Å²) in [6.45, 7) is 6.97. The Morgan fingerprint density at radius 3 is 2.15 bits per heavy atom. The molecule has 1 saturated heterocycles. The van der Waals surface area contributed by atoms with E-state index < -0.39 is 17.0 Å². The first kappa shape index (κ1) is 14.1. The Hall–Kier alpha value is -2.35. The fourth-order valence-electron chi connectivity index (χ4n) is 2.07.